The molecular weight excluding hydrogens is 236 g/mol. The van der Waals surface area contributed by atoms with Crippen molar-refractivity contribution in [1.82, 2.24) is 15.2 Å². The van der Waals surface area contributed by atoms with Gasteiger partial charge in [0.05, 0.1) is 6.61 Å². The normalized spacial score (nSPS) is 9.94. The topological polar surface area (TPSA) is 47.9 Å². The smallest absolute Gasteiger partial charge is 0.266 e. The average Bonchev–Trinajstić information content (AvgIpc) is 2.25. The molecule has 1 aromatic heterocycles. The first-order valence-corrected chi connectivity index (χ1v) is 5.67. The third kappa shape index (κ3) is 5.01. The molecular formula is C9H11F2N3OS. The molecule has 0 aliphatic heterocycles. The van der Waals surface area contributed by atoms with Gasteiger partial charge in [-0.1, -0.05) is 11.8 Å². The van der Waals surface area contributed by atoms with Crippen molar-refractivity contribution >= 4 is 11.8 Å². The van der Waals surface area contributed by atoms with Gasteiger partial charge in [0.15, 0.2) is 0 Å². The Balaban J connectivity index is 2.41. The van der Waals surface area contributed by atoms with E-state index in [4.69, 9.17) is 4.74 Å². The summed E-state index contributed by atoms with van der Waals surface area (Å²) in [5, 5.41) is 7.88. The molecule has 7 heteroatoms. The number of rotatable bonds is 6. The number of thioether (sulfide) groups is 1. The minimum atomic E-state index is -1.66. The standard InChI is InChI=1S/C9H11F2N3OS/c1-2-15-8-6-12-14-9(13-8)16-5-3-4-7(10)11/h4,6H,2-3,5H2,1H3. The number of hydrogen-bond donors (Lipinski definition) is 0. The Morgan fingerprint density at radius 1 is 1.56 bits per heavy atom. The molecule has 0 atom stereocenters. The minimum absolute atomic E-state index is 0.273. The van der Waals surface area contributed by atoms with Crippen LogP contribution in [0.25, 0.3) is 0 Å². The van der Waals surface area contributed by atoms with Crippen LogP contribution < -0.4 is 4.74 Å². The van der Waals surface area contributed by atoms with Crippen LogP contribution in [0.2, 0.25) is 0 Å². The Kier molecular flexibility index (Phi) is 5.69. The number of allylic oxidation sites excluding steroid dienone is 1. The SMILES string of the molecule is CCOc1cnnc(SCCC=C(F)F)n1. The van der Waals surface area contributed by atoms with Crippen LogP contribution in [0, 0.1) is 0 Å². The summed E-state index contributed by atoms with van der Waals surface area (Å²) in [6.45, 7) is 2.34. The summed E-state index contributed by atoms with van der Waals surface area (Å²) < 4.78 is 28.6. The number of aromatic nitrogens is 3. The zero-order valence-corrected chi connectivity index (χ0v) is 9.51. The number of halogens is 2. The van der Waals surface area contributed by atoms with E-state index in [0.29, 0.717) is 23.4 Å². The number of hydrogen-bond acceptors (Lipinski definition) is 5. The van der Waals surface area contributed by atoms with Gasteiger partial charge in [-0.3, -0.25) is 0 Å². The van der Waals surface area contributed by atoms with Crippen molar-refractivity contribution in [2.24, 2.45) is 0 Å². The predicted octanol–water partition coefficient (Wildman–Crippen LogP) is 2.53. The Labute approximate surface area is 96.1 Å². The molecule has 16 heavy (non-hydrogen) atoms. The maximum Gasteiger partial charge on any atom is 0.266 e. The molecule has 0 saturated carbocycles. The molecule has 88 valence electrons. The van der Waals surface area contributed by atoms with Crippen LogP contribution in [-0.2, 0) is 0 Å². The lowest BCUT2D eigenvalue weighted by Gasteiger charge is -2.01. The van der Waals surface area contributed by atoms with Crippen molar-refractivity contribution < 1.29 is 13.5 Å². The Morgan fingerprint density at radius 2 is 2.38 bits per heavy atom. The van der Waals surface area contributed by atoms with Crippen LogP contribution in [0.4, 0.5) is 8.78 Å². The molecule has 1 rings (SSSR count). The van der Waals surface area contributed by atoms with Crippen molar-refractivity contribution in [2.75, 3.05) is 12.4 Å². The molecule has 0 unspecified atom stereocenters. The van der Waals surface area contributed by atoms with E-state index >= 15 is 0 Å². The second-order valence-corrected chi connectivity index (χ2v) is 3.70. The van der Waals surface area contributed by atoms with Crippen LogP contribution in [-0.4, -0.2) is 27.5 Å². The van der Waals surface area contributed by atoms with Crippen molar-refractivity contribution in [2.45, 2.75) is 18.5 Å². The maximum absolute atomic E-state index is 11.7. The summed E-state index contributed by atoms with van der Waals surface area (Å²) >= 11 is 1.26. The van der Waals surface area contributed by atoms with E-state index < -0.39 is 6.08 Å². The van der Waals surface area contributed by atoms with Crippen molar-refractivity contribution in [1.29, 1.82) is 0 Å². The second kappa shape index (κ2) is 7.10. The van der Waals surface area contributed by atoms with E-state index in [9.17, 15) is 8.78 Å². The van der Waals surface area contributed by atoms with Crippen LogP contribution in [0.1, 0.15) is 13.3 Å². The highest BCUT2D eigenvalue weighted by Gasteiger charge is 2.01. The lowest BCUT2D eigenvalue weighted by atomic mass is 10.5. The minimum Gasteiger partial charge on any atom is -0.477 e. The van der Waals surface area contributed by atoms with E-state index in [1.165, 1.54) is 18.0 Å². The fourth-order valence-electron chi connectivity index (χ4n) is 0.870. The number of ether oxygens (including phenoxy) is 1. The summed E-state index contributed by atoms with van der Waals surface area (Å²) in [5.74, 6) is 0.876. The van der Waals surface area contributed by atoms with Crippen molar-refractivity contribution in [3.05, 3.63) is 18.4 Å². The van der Waals surface area contributed by atoms with Gasteiger partial charge in [-0.05, 0) is 19.4 Å². The maximum atomic E-state index is 11.7. The fraction of sp³-hybridized carbons (Fsp3) is 0.444. The first-order valence-electron chi connectivity index (χ1n) is 4.69. The lowest BCUT2D eigenvalue weighted by Crippen LogP contribution is -1.98. The van der Waals surface area contributed by atoms with Gasteiger partial charge in [0.25, 0.3) is 6.08 Å². The third-order valence-corrected chi connectivity index (χ3v) is 2.33. The van der Waals surface area contributed by atoms with E-state index in [-0.39, 0.29) is 6.42 Å². The molecule has 0 amide bonds. The highest BCUT2D eigenvalue weighted by molar-refractivity contribution is 7.99. The van der Waals surface area contributed by atoms with E-state index in [1.807, 2.05) is 6.92 Å². The van der Waals surface area contributed by atoms with Crippen LogP contribution >= 0.6 is 11.8 Å². The molecule has 0 bridgehead atoms. The zero-order chi connectivity index (χ0) is 11.8. The molecule has 0 saturated heterocycles. The molecule has 0 fully saturated rings. The van der Waals surface area contributed by atoms with Gasteiger partial charge in [-0.2, -0.15) is 18.9 Å². The molecule has 0 spiro atoms. The van der Waals surface area contributed by atoms with Crippen molar-refractivity contribution in [3.8, 4) is 5.88 Å². The molecule has 0 aliphatic carbocycles. The van der Waals surface area contributed by atoms with Crippen molar-refractivity contribution in [3.63, 3.8) is 0 Å². The lowest BCUT2D eigenvalue weighted by molar-refractivity contribution is 0.320. The first-order chi connectivity index (χ1) is 7.72. The fourth-order valence-corrected chi connectivity index (χ4v) is 1.55. The first kappa shape index (κ1) is 12.8. The van der Waals surface area contributed by atoms with E-state index in [2.05, 4.69) is 15.2 Å². The third-order valence-electron chi connectivity index (χ3n) is 1.46. The number of nitrogens with zero attached hydrogens (tertiary/aromatic N) is 3. The molecule has 0 radical (unpaired) electrons. The predicted molar refractivity (Wildman–Crippen MR) is 56.6 cm³/mol. The Bertz CT molecular complexity index is 358. The Hall–Kier alpha value is -1.24. The van der Waals surface area contributed by atoms with E-state index in [0.717, 1.165) is 6.08 Å². The van der Waals surface area contributed by atoms with Gasteiger partial charge < -0.3 is 4.74 Å². The molecule has 1 aromatic rings. The summed E-state index contributed by atoms with van der Waals surface area (Å²) in [6, 6.07) is 0. The summed E-state index contributed by atoms with van der Waals surface area (Å²) in [6.07, 6.45) is 0.888. The molecule has 0 aliphatic rings. The molecule has 1 heterocycles. The Morgan fingerprint density at radius 3 is 3.06 bits per heavy atom. The van der Waals surface area contributed by atoms with Gasteiger partial charge in [-0.25, -0.2) is 0 Å². The van der Waals surface area contributed by atoms with Gasteiger partial charge in [-0.15, -0.1) is 5.10 Å². The highest BCUT2D eigenvalue weighted by atomic mass is 32.2. The van der Waals surface area contributed by atoms with Gasteiger partial charge in [0, 0.05) is 5.75 Å². The van der Waals surface area contributed by atoms with Gasteiger partial charge in [0.2, 0.25) is 11.0 Å². The monoisotopic (exact) mass is 247 g/mol. The van der Waals surface area contributed by atoms with Crippen LogP contribution in [0.15, 0.2) is 23.5 Å². The molecule has 0 aromatic carbocycles. The zero-order valence-electron chi connectivity index (χ0n) is 8.69. The van der Waals surface area contributed by atoms with Crippen LogP contribution in [0.5, 0.6) is 5.88 Å². The molecule has 0 N–H and O–H groups in total. The van der Waals surface area contributed by atoms with Crippen LogP contribution in [0.3, 0.4) is 0 Å². The summed E-state index contributed by atoms with van der Waals surface area (Å²) in [7, 11) is 0. The quantitative estimate of drug-likeness (QED) is 0.571. The highest BCUT2D eigenvalue weighted by Crippen LogP contribution is 2.16. The van der Waals surface area contributed by atoms with Gasteiger partial charge in [0.1, 0.15) is 6.20 Å². The summed E-state index contributed by atoms with van der Waals surface area (Å²) in [5.41, 5.74) is 0. The average molecular weight is 247 g/mol. The summed E-state index contributed by atoms with van der Waals surface area (Å²) in [4.78, 5) is 4.04. The molecule has 4 nitrogen and oxygen atoms in total. The van der Waals surface area contributed by atoms with Gasteiger partial charge >= 0.3 is 0 Å². The largest absolute Gasteiger partial charge is 0.477 e. The second-order valence-electron chi connectivity index (χ2n) is 2.64. The van der Waals surface area contributed by atoms with E-state index in [1.54, 1.807) is 0 Å².